The predicted molar refractivity (Wildman–Crippen MR) is 71.2 cm³/mol. The van der Waals surface area contributed by atoms with Gasteiger partial charge in [-0.05, 0) is 19.1 Å². The van der Waals surface area contributed by atoms with Crippen LogP contribution < -0.4 is 21.9 Å². The normalized spacial score (nSPS) is 10.3. The Kier molecular flexibility index (Phi) is 3.18. The summed E-state index contributed by atoms with van der Waals surface area (Å²) < 4.78 is 0. The minimum absolute atomic E-state index is 0.000281. The molecule has 1 aromatic heterocycles. The van der Waals surface area contributed by atoms with Crippen molar-refractivity contribution in [2.45, 2.75) is 6.92 Å². The van der Waals surface area contributed by atoms with Crippen LogP contribution in [0.15, 0.2) is 39.9 Å². The highest BCUT2D eigenvalue weighted by Crippen LogP contribution is 2.24. The Morgan fingerprint density at radius 3 is 2.44 bits per heavy atom. The quantitative estimate of drug-likeness (QED) is 0.746. The zero-order valence-corrected chi connectivity index (χ0v) is 9.93. The monoisotopic (exact) mass is 246 g/mol. The fraction of sp³-hybridized carbons (Fsp3) is 0.167. The molecule has 0 saturated heterocycles. The maximum absolute atomic E-state index is 11.5. The van der Waals surface area contributed by atoms with E-state index in [1.807, 2.05) is 37.3 Å². The van der Waals surface area contributed by atoms with Gasteiger partial charge in [-0.3, -0.25) is 14.8 Å². The average Bonchev–Trinajstić information content (AvgIpc) is 2.37. The molecule has 0 aliphatic carbocycles. The highest BCUT2D eigenvalue weighted by molar-refractivity contribution is 5.69. The molecule has 0 bridgehead atoms. The standard InChI is InChI=1S/C12H14N4O2/c1-2-16(8-6-4-3-5-7-8)10-9(13)11(17)15-12(18)14-10/h3-7H,2,13H2,1H3,(H2,14,15,17,18). The van der Waals surface area contributed by atoms with Crippen molar-refractivity contribution in [1.29, 1.82) is 0 Å². The third kappa shape index (κ3) is 2.13. The Hall–Kier alpha value is -2.50. The number of aromatic amines is 2. The molecule has 0 amide bonds. The minimum Gasteiger partial charge on any atom is -0.391 e. The first kappa shape index (κ1) is 12.0. The lowest BCUT2D eigenvalue weighted by Crippen LogP contribution is -2.30. The summed E-state index contributed by atoms with van der Waals surface area (Å²) in [5, 5.41) is 0. The van der Waals surface area contributed by atoms with Crippen LogP contribution in [-0.2, 0) is 0 Å². The molecular weight excluding hydrogens is 232 g/mol. The van der Waals surface area contributed by atoms with Crippen LogP contribution in [0.4, 0.5) is 17.2 Å². The summed E-state index contributed by atoms with van der Waals surface area (Å²) in [5.41, 5.74) is 5.41. The number of hydrogen-bond donors (Lipinski definition) is 3. The van der Waals surface area contributed by atoms with E-state index in [2.05, 4.69) is 9.97 Å². The van der Waals surface area contributed by atoms with Gasteiger partial charge in [-0.15, -0.1) is 0 Å². The fourth-order valence-electron chi connectivity index (χ4n) is 1.77. The van der Waals surface area contributed by atoms with Gasteiger partial charge in [-0.25, -0.2) is 4.79 Å². The Bertz CT molecular complexity index is 645. The number of rotatable bonds is 3. The van der Waals surface area contributed by atoms with Crippen molar-refractivity contribution in [2.24, 2.45) is 0 Å². The molecule has 6 nitrogen and oxygen atoms in total. The second-order valence-corrected chi connectivity index (χ2v) is 3.75. The van der Waals surface area contributed by atoms with E-state index >= 15 is 0 Å². The van der Waals surface area contributed by atoms with E-state index in [9.17, 15) is 9.59 Å². The molecule has 2 aromatic rings. The van der Waals surface area contributed by atoms with Gasteiger partial charge in [0.1, 0.15) is 11.5 Å². The number of H-pyrrole nitrogens is 2. The summed E-state index contributed by atoms with van der Waals surface area (Å²) in [6, 6.07) is 9.39. The van der Waals surface area contributed by atoms with Crippen molar-refractivity contribution < 1.29 is 0 Å². The third-order valence-electron chi connectivity index (χ3n) is 2.61. The van der Waals surface area contributed by atoms with Crippen LogP contribution in [0.3, 0.4) is 0 Å². The summed E-state index contributed by atoms with van der Waals surface area (Å²) >= 11 is 0. The van der Waals surface area contributed by atoms with Gasteiger partial charge in [0.2, 0.25) is 0 Å². The highest BCUT2D eigenvalue weighted by atomic mass is 16.2. The number of para-hydroxylation sites is 1. The number of nitrogens with one attached hydrogen (secondary N) is 2. The van der Waals surface area contributed by atoms with Crippen molar-refractivity contribution >= 4 is 17.2 Å². The summed E-state index contributed by atoms with van der Waals surface area (Å²) in [6.07, 6.45) is 0. The van der Waals surface area contributed by atoms with Crippen molar-refractivity contribution in [2.75, 3.05) is 17.2 Å². The van der Waals surface area contributed by atoms with Crippen LogP contribution in [0, 0.1) is 0 Å². The van der Waals surface area contributed by atoms with Gasteiger partial charge in [0.15, 0.2) is 0 Å². The second-order valence-electron chi connectivity index (χ2n) is 3.75. The Balaban J connectivity index is 2.59. The lowest BCUT2D eigenvalue weighted by Gasteiger charge is -2.23. The molecule has 4 N–H and O–H groups in total. The number of anilines is 3. The number of nitrogens with zero attached hydrogens (tertiary/aromatic N) is 1. The van der Waals surface area contributed by atoms with E-state index < -0.39 is 11.2 Å². The average molecular weight is 246 g/mol. The van der Waals surface area contributed by atoms with Crippen molar-refractivity contribution in [1.82, 2.24) is 9.97 Å². The summed E-state index contributed by atoms with van der Waals surface area (Å²) in [6.45, 7) is 2.49. The third-order valence-corrected chi connectivity index (χ3v) is 2.61. The van der Waals surface area contributed by atoms with E-state index in [1.165, 1.54) is 0 Å². The fourth-order valence-corrected chi connectivity index (χ4v) is 1.77. The zero-order chi connectivity index (χ0) is 13.1. The SMILES string of the molecule is CCN(c1ccccc1)c1[nH]c(=O)[nH]c(=O)c1N. The van der Waals surface area contributed by atoms with Crippen LogP contribution in [0.2, 0.25) is 0 Å². The molecule has 1 aromatic carbocycles. The van der Waals surface area contributed by atoms with E-state index in [1.54, 1.807) is 4.90 Å². The molecule has 18 heavy (non-hydrogen) atoms. The van der Waals surface area contributed by atoms with E-state index in [0.29, 0.717) is 12.4 Å². The molecule has 0 fully saturated rings. The van der Waals surface area contributed by atoms with Crippen molar-refractivity contribution in [3.8, 4) is 0 Å². The predicted octanol–water partition coefficient (Wildman–Crippen LogP) is 0.803. The summed E-state index contributed by atoms with van der Waals surface area (Å²) in [5.74, 6) is 0.317. The molecule has 1 heterocycles. The van der Waals surface area contributed by atoms with Gasteiger partial charge in [0, 0.05) is 12.2 Å². The summed E-state index contributed by atoms with van der Waals surface area (Å²) in [7, 11) is 0. The van der Waals surface area contributed by atoms with E-state index in [0.717, 1.165) is 5.69 Å². The molecule has 0 radical (unpaired) electrons. The van der Waals surface area contributed by atoms with Gasteiger partial charge >= 0.3 is 5.69 Å². The molecule has 0 spiro atoms. The first-order valence-corrected chi connectivity index (χ1v) is 5.58. The Labute approximate surface area is 103 Å². The lowest BCUT2D eigenvalue weighted by atomic mass is 10.2. The molecule has 94 valence electrons. The topological polar surface area (TPSA) is 95.0 Å². The lowest BCUT2D eigenvalue weighted by molar-refractivity contribution is 0.947. The van der Waals surface area contributed by atoms with E-state index in [-0.39, 0.29) is 5.69 Å². The second kappa shape index (κ2) is 4.79. The highest BCUT2D eigenvalue weighted by Gasteiger charge is 2.13. The molecule has 0 aliphatic rings. The molecule has 0 saturated carbocycles. The van der Waals surface area contributed by atoms with Crippen LogP contribution in [0.1, 0.15) is 6.92 Å². The van der Waals surface area contributed by atoms with Gasteiger partial charge in [-0.2, -0.15) is 0 Å². The zero-order valence-electron chi connectivity index (χ0n) is 9.93. The molecular formula is C12H14N4O2. The number of nitrogens with two attached hydrogens (primary N) is 1. The number of nitrogen functional groups attached to an aromatic ring is 1. The molecule has 0 atom stereocenters. The minimum atomic E-state index is -0.580. The van der Waals surface area contributed by atoms with Gasteiger partial charge in [-0.1, -0.05) is 18.2 Å². The summed E-state index contributed by atoms with van der Waals surface area (Å²) in [4.78, 5) is 29.2. The van der Waals surface area contributed by atoms with Crippen LogP contribution in [-0.4, -0.2) is 16.5 Å². The van der Waals surface area contributed by atoms with Crippen molar-refractivity contribution in [3.63, 3.8) is 0 Å². The smallest absolute Gasteiger partial charge is 0.327 e. The number of hydrogen-bond acceptors (Lipinski definition) is 4. The van der Waals surface area contributed by atoms with Gasteiger partial charge < -0.3 is 10.6 Å². The van der Waals surface area contributed by atoms with Crippen LogP contribution in [0.25, 0.3) is 0 Å². The first-order chi connectivity index (χ1) is 8.63. The Morgan fingerprint density at radius 2 is 1.83 bits per heavy atom. The van der Waals surface area contributed by atoms with Gasteiger partial charge in [0.25, 0.3) is 5.56 Å². The molecule has 6 heteroatoms. The number of benzene rings is 1. The first-order valence-electron chi connectivity index (χ1n) is 5.58. The van der Waals surface area contributed by atoms with Crippen LogP contribution in [0.5, 0.6) is 0 Å². The van der Waals surface area contributed by atoms with E-state index in [4.69, 9.17) is 5.73 Å². The maximum atomic E-state index is 11.5. The van der Waals surface area contributed by atoms with Crippen molar-refractivity contribution in [3.05, 3.63) is 51.2 Å². The maximum Gasteiger partial charge on any atom is 0.327 e. The molecule has 0 aliphatic heterocycles. The molecule has 0 unspecified atom stereocenters. The largest absolute Gasteiger partial charge is 0.391 e. The van der Waals surface area contributed by atoms with Crippen LogP contribution >= 0.6 is 0 Å². The Morgan fingerprint density at radius 1 is 1.17 bits per heavy atom. The van der Waals surface area contributed by atoms with Gasteiger partial charge in [0.05, 0.1) is 0 Å². The number of aromatic nitrogens is 2. The molecule has 2 rings (SSSR count).